The highest BCUT2D eigenvalue weighted by Gasteiger charge is 2.26. The Morgan fingerprint density at radius 2 is 1.90 bits per heavy atom. The number of rotatable bonds is 5. The Hall–Kier alpha value is -2.60. The third-order valence-corrected chi connectivity index (χ3v) is 4.81. The number of benzene rings is 2. The number of nitrogens with one attached hydrogen (secondary N) is 1. The molecule has 29 heavy (non-hydrogen) atoms. The topological polar surface area (TPSA) is 69.0 Å². The molecule has 0 aliphatic heterocycles. The van der Waals surface area contributed by atoms with Crippen LogP contribution in [0.5, 0.6) is 5.75 Å². The summed E-state index contributed by atoms with van der Waals surface area (Å²) in [6, 6.07) is 9.32. The molecule has 1 aromatic heterocycles. The molecule has 0 atom stereocenters. The number of nitrogens with zero attached hydrogens (tertiary/aromatic N) is 3. The van der Waals surface area contributed by atoms with Crippen LogP contribution >= 0.6 is 11.6 Å². The van der Waals surface area contributed by atoms with Crippen molar-refractivity contribution in [1.82, 2.24) is 20.3 Å². The van der Waals surface area contributed by atoms with Gasteiger partial charge in [-0.25, -0.2) is 4.79 Å². The van der Waals surface area contributed by atoms with E-state index in [0.717, 1.165) is 24.0 Å². The number of aromatic nitrogens is 3. The van der Waals surface area contributed by atoms with Crippen LogP contribution in [0.25, 0.3) is 16.7 Å². The maximum atomic E-state index is 12.5. The summed E-state index contributed by atoms with van der Waals surface area (Å²) in [5, 5.41) is 12.5. The first-order chi connectivity index (χ1) is 13.7. The molecule has 6 nitrogen and oxygen atoms in total. The van der Waals surface area contributed by atoms with Crippen molar-refractivity contribution in [3.8, 4) is 11.4 Å². The van der Waals surface area contributed by atoms with Gasteiger partial charge in [0.1, 0.15) is 16.7 Å². The zero-order valence-electron chi connectivity index (χ0n) is 17.5. The summed E-state index contributed by atoms with van der Waals surface area (Å²) in [5.74, 6) is 0.462. The first-order valence-electron chi connectivity index (χ1n) is 9.83. The average molecular weight is 415 g/mol. The quantitative estimate of drug-likeness (QED) is 0.554. The summed E-state index contributed by atoms with van der Waals surface area (Å²) >= 11 is 6.09. The van der Waals surface area contributed by atoms with Crippen molar-refractivity contribution in [2.75, 3.05) is 6.54 Å². The maximum absolute atomic E-state index is 12.5. The van der Waals surface area contributed by atoms with Gasteiger partial charge < -0.3 is 10.1 Å². The van der Waals surface area contributed by atoms with Crippen LogP contribution in [0.2, 0.25) is 5.02 Å². The minimum Gasteiger partial charge on any atom is -0.408 e. The van der Waals surface area contributed by atoms with Crippen molar-refractivity contribution in [2.24, 2.45) is 0 Å². The van der Waals surface area contributed by atoms with Gasteiger partial charge in [0.05, 0.1) is 0 Å². The summed E-state index contributed by atoms with van der Waals surface area (Å²) in [6.07, 6.45) is 1.42. The Bertz CT molecular complexity index is 1040. The minimum absolute atomic E-state index is 0.240. The summed E-state index contributed by atoms with van der Waals surface area (Å²) in [7, 11) is 0. The third kappa shape index (κ3) is 4.88. The van der Waals surface area contributed by atoms with Gasteiger partial charge in [0.25, 0.3) is 0 Å². The molecule has 0 saturated carbocycles. The van der Waals surface area contributed by atoms with Gasteiger partial charge in [0, 0.05) is 17.1 Å². The summed E-state index contributed by atoms with van der Waals surface area (Å²) in [5.41, 5.74) is 3.71. The first kappa shape index (κ1) is 21.1. The largest absolute Gasteiger partial charge is 0.412 e. The normalized spacial score (nSPS) is 11.7. The van der Waals surface area contributed by atoms with Crippen LogP contribution in [0.3, 0.4) is 0 Å². The zero-order chi connectivity index (χ0) is 21.2. The molecular formula is C22H27ClN4O2. The number of carbonyl (C=O) groups excluding carboxylic acids is 1. The smallest absolute Gasteiger partial charge is 0.408 e. The fraction of sp³-hybridized carbons (Fsp3) is 0.409. The predicted molar refractivity (Wildman–Crippen MR) is 116 cm³/mol. The van der Waals surface area contributed by atoms with E-state index in [1.807, 2.05) is 25.1 Å². The number of carbonyl (C=O) groups is 1. The molecule has 3 aromatic rings. The van der Waals surface area contributed by atoms with Gasteiger partial charge in [-0.2, -0.15) is 0 Å². The van der Waals surface area contributed by atoms with Gasteiger partial charge in [-0.3, -0.25) is 0 Å². The molecule has 1 N–H and O–H groups in total. The van der Waals surface area contributed by atoms with Gasteiger partial charge in [0.2, 0.25) is 0 Å². The number of aryl methyl sites for hydroxylation is 1. The van der Waals surface area contributed by atoms with Crippen LogP contribution in [0.1, 0.15) is 51.7 Å². The highest BCUT2D eigenvalue weighted by Crippen LogP contribution is 2.37. The highest BCUT2D eigenvalue weighted by atomic mass is 35.5. The van der Waals surface area contributed by atoms with Crippen LogP contribution < -0.4 is 10.1 Å². The van der Waals surface area contributed by atoms with Crippen LogP contribution in [0, 0.1) is 6.92 Å². The fourth-order valence-corrected chi connectivity index (χ4v) is 3.22. The van der Waals surface area contributed by atoms with Gasteiger partial charge >= 0.3 is 6.09 Å². The molecular weight excluding hydrogens is 388 g/mol. The Balaban J connectivity index is 2.11. The Labute approximate surface area is 176 Å². The third-order valence-electron chi connectivity index (χ3n) is 4.57. The number of hydrogen-bond acceptors (Lipinski definition) is 4. The maximum Gasteiger partial charge on any atom is 0.412 e. The highest BCUT2D eigenvalue weighted by molar-refractivity contribution is 6.31. The van der Waals surface area contributed by atoms with Crippen molar-refractivity contribution < 1.29 is 9.53 Å². The lowest BCUT2D eigenvalue weighted by Gasteiger charge is -2.24. The van der Waals surface area contributed by atoms with E-state index >= 15 is 0 Å². The molecule has 0 bridgehead atoms. The van der Waals surface area contributed by atoms with E-state index in [9.17, 15) is 4.79 Å². The van der Waals surface area contributed by atoms with Gasteiger partial charge in [-0.1, -0.05) is 51.8 Å². The number of halogens is 1. The lowest BCUT2D eigenvalue weighted by Crippen LogP contribution is -2.29. The molecule has 0 radical (unpaired) electrons. The van der Waals surface area contributed by atoms with Crippen LogP contribution in [-0.4, -0.2) is 27.6 Å². The molecule has 1 amide bonds. The number of fused-ring (bicyclic) bond motifs is 1. The summed E-state index contributed by atoms with van der Waals surface area (Å²) in [4.78, 5) is 14.0. The van der Waals surface area contributed by atoms with E-state index in [2.05, 4.69) is 43.2 Å². The average Bonchev–Trinajstić information content (AvgIpc) is 3.05. The van der Waals surface area contributed by atoms with E-state index in [4.69, 9.17) is 16.3 Å². The van der Waals surface area contributed by atoms with Gasteiger partial charge in [-0.15, -0.1) is 15.0 Å². The predicted octanol–water partition coefficient (Wildman–Crippen LogP) is 5.57. The van der Waals surface area contributed by atoms with Crippen LogP contribution in [0.15, 0.2) is 30.3 Å². The molecule has 0 spiro atoms. The minimum atomic E-state index is -0.478. The second-order valence-corrected chi connectivity index (χ2v) is 8.64. The second-order valence-electron chi connectivity index (χ2n) is 8.20. The first-order valence-corrected chi connectivity index (χ1v) is 10.2. The van der Waals surface area contributed by atoms with Crippen molar-refractivity contribution in [3.63, 3.8) is 0 Å². The van der Waals surface area contributed by atoms with E-state index in [-0.39, 0.29) is 5.41 Å². The summed E-state index contributed by atoms with van der Waals surface area (Å²) < 4.78 is 5.80. The van der Waals surface area contributed by atoms with Gasteiger partial charge in [-0.05, 0) is 48.6 Å². The molecule has 0 aliphatic carbocycles. The molecule has 2 aromatic carbocycles. The monoisotopic (exact) mass is 414 g/mol. The van der Waals surface area contributed by atoms with Crippen molar-refractivity contribution >= 4 is 28.7 Å². The van der Waals surface area contributed by atoms with Crippen LogP contribution in [0.4, 0.5) is 4.79 Å². The number of unbranched alkanes of at least 4 members (excludes halogenated alkanes) is 1. The SMILES string of the molecule is CCCCNC(=O)Oc1c(-n2nc3ccc(Cl)cc3n2)cc(C)cc1C(C)(C)C. The summed E-state index contributed by atoms with van der Waals surface area (Å²) in [6.45, 7) is 10.9. The van der Waals surface area contributed by atoms with Crippen molar-refractivity contribution in [2.45, 2.75) is 52.9 Å². The Morgan fingerprint density at radius 1 is 1.17 bits per heavy atom. The molecule has 0 fully saturated rings. The van der Waals surface area contributed by atoms with Gasteiger partial charge in [0.15, 0.2) is 5.75 Å². The lowest BCUT2D eigenvalue weighted by molar-refractivity contribution is 0.199. The fourth-order valence-electron chi connectivity index (χ4n) is 3.06. The van der Waals surface area contributed by atoms with Crippen molar-refractivity contribution in [1.29, 1.82) is 0 Å². The number of ether oxygens (including phenoxy) is 1. The van der Waals surface area contributed by atoms with E-state index in [1.165, 1.54) is 4.80 Å². The van der Waals surface area contributed by atoms with E-state index in [0.29, 0.717) is 34.0 Å². The number of amides is 1. The lowest BCUT2D eigenvalue weighted by atomic mass is 9.85. The van der Waals surface area contributed by atoms with E-state index < -0.39 is 6.09 Å². The van der Waals surface area contributed by atoms with E-state index in [1.54, 1.807) is 12.1 Å². The molecule has 0 aliphatic rings. The standard InChI is InChI=1S/C22H27ClN4O2/c1-6-7-10-24-21(28)29-20-16(22(3,4)5)11-14(2)12-19(20)27-25-17-9-8-15(23)13-18(17)26-27/h8-9,11-13H,6-7,10H2,1-5H3,(H,24,28). The molecule has 154 valence electrons. The number of hydrogen-bond donors (Lipinski definition) is 1. The molecule has 1 heterocycles. The zero-order valence-corrected chi connectivity index (χ0v) is 18.3. The van der Waals surface area contributed by atoms with Crippen LogP contribution in [-0.2, 0) is 5.41 Å². The molecule has 3 rings (SSSR count). The molecule has 0 saturated heterocycles. The second kappa shape index (κ2) is 8.41. The Kier molecular flexibility index (Phi) is 6.13. The molecule has 0 unspecified atom stereocenters. The van der Waals surface area contributed by atoms with Crippen molar-refractivity contribution in [3.05, 3.63) is 46.5 Å². The Morgan fingerprint density at radius 3 is 2.59 bits per heavy atom. The molecule has 7 heteroatoms.